The summed E-state index contributed by atoms with van der Waals surface area (Å²) < 4.78 is 1.78. The molecule has 0 aliphatic carbocycles. The van der Waals surface area contributed by atoms with Gasteiger partial charge in [0.25, 0.3) is 11.6 Å². The topological polar surface area (TPSA) is 94.2 Å². The lowest BCUT2D eigenvalue weighted by Crippen LogP contribution is -2.24. The number of nitro groups is 1. The molecule has 7 nitrogen and oxygen atoms in total. The molecule has 0 fully saturated rings. The van der Waals surface area contributed by atoms with E-state index in [0.29, 0.717) is 28.0 Å². The molecule has 1 N–H and O–H groups in total. The van der Waals surface area contributed by atoms with Gasteiger partial charge in [0.15, 0.2) is 0 Å². The summed E-state index contributed by atoms with van der Waals surface area (Å²) in [6.07, 6.45) is 1.49. The third-order valence-electron chi connectivity index (χ3n) is 4.38. The number of pyridine rings is 1. The van der Waals surface area contributed by atoms with Crippen LogP contribution in [0.3, 0.4) is 0 Å². The van der Waals surface area contributed by atoms with Gasteiger partial charge in [-0.25, -0.2) is 0 Å². The number of rotatable bonds is 4. The highest BCUT2D eigenvalue weighted by Gasteiger charge is 2.19. The maximum atomic E-state index is 12.8. The van der Waals surface area contributed by atoms with E-state index in [1.54, 1.807) is 22.8 Å². The zero-order valence-corrected chi connectivity index (χ0v) is 15.4. The van der Waals surface area contributed by atoms with Gasteiger partial charge in [-0.15, -0.1) is 0 Å². The van der Waals surface area contributed by atoms with Gasteiger partial charge in [0.2, 0.25) is 5.43 Å². The van der Waals surface area contributed by atoms with Crippen LogP contribution in [0.25, 0.3) is 10.9 Å². The SMILES string of the molecule is CCn1cc(C(=O)Nc2cccc([N+](=O)[O-])c2C)c(=O)c2cc(Cl)ccc21. The van der Waals surface area contributed by atoms with Crippen LogP contribution >= 0.6 is 11.6 Å². The lowest BCUT2D eigenvalue weighted by molar-refractivity contribution is -0.385. The number of nitro benzene ring substituents is 1. The Morgan fingerprint density at radius 2 is 2.04 bits per heavy atom. The van der Waals surface area contributed by atoms with Gasteiger partial charge in [0, 0.05) is 29.2 Å². The molecule has 0 spiro atoms. The first-order valence-electron chi connectivity index (χ1n) is 8.21. The van der Waals surface area contributed by atoms with E-state index in [2.05, 4.69) is 5.32 Å². The molecular weight excluding hydrogens is 370 g/mol. The molecule has 0 bridgehead atoms. The van der Waals surface area contributed by atoms with Gasteiger partial charge in [0.05, 0.1) is 21.7 Å². The summed E-state index contributed by atoms with van der Waals surface area (Å²) in [6, 6.07) is 9.33. The summed E-state index contributed by atoms with van der Waals surface area (Å²) in [5.41, 5.74) is 0.660. The number of carbonyl (C=O) groups is 1. The Bertz CT molecular complexity index is 1140. The maximum absolute atomic E-state index is 12.8. The molecule has 0 aliphatic heterocycles. The van der Waals surface area contributed by atoms with E-state index in [1.807, 2.05) is 6.92 Å². The van der Waals surface area contributed by atoms with Crippen molar-refractivity contribution < 1.29 is 9.72 Å². The number of carbonyl (C=O) groups excluding carboxylic acids is 1. The number of nitrogens with one attached hydrogen (secondary N) is 1. The summed E-state index contributed by atoms with van der Waals surface area (Å²) in [5.74, 6) is -0.632. The van der Waals surface area contributed by atoms with Gasteiger partial charge < -0.3 is 9.88 Å². The molecule has 0 radical (unpaired) electrons. The van der Waals surface area contributed by atoms with E-state index in [9.17, 15) is 19.7 Å². The largest absolute Gasteiger partial charge is 0.347 e. The number of hydrogen-bond donors (Lipinski definition) is 1. The Balaban J connectivity index is 2.09. The summed E-state index contributed by atoms with van der Waals surface area (Å²) in [5, 5.41) is 14.4. The van der Waals surface area contributed by atoms with Crippen molar-refractivity contribution in [2.75, 3.05) is 5.32 Å². The lowest BCUT2D eigenvalue weighted by atomic mass is 10.1. The maximum Gasteiger partial charge on any atom is 0.274 e. The molecule has 138 valence electrons. The van der Waals surface area contributed by atoms with Gasteiger partial charge in [0.1, 0.15) is 5.56 Å². The number of fused-ring (bicyclic) bond motifs is 1. The third kappa shape index (κ3) is 3.41. The van der Waals surface area contributed by atoms with Gasteiger partial charge >= 0.3 is 0 Å². The summed E-state index contributed by atoms with van der Waals surface area (Å²) >= 11 is 6.00. The first-order valence-corrected chi connectivity index (χ1v) is 8.59. The first-order chi connectivity index (χ1) is 12.8. The molecule has 3 rings (SSSR count). The van der Waals surface area contributed by atoms with Crippen molar-refractivity contribution in [3.05, 3.63) is 79.1 Å². The van der Waals surface area contributed by atoms with Crippen LogP contribution in [0.5, 0.6) is 0 Å². The van der Waals surface area contributed by atoms with E-state index in [1.165, 1.54) is 31.3 Å². The summed E-state index contributed by atoms with van der Waals surface area (Å²) in [4.78, 5) is 36.1. The molecule has 1 aromatic heterocycles. The van der Waals surface area contributed by atoms with Gasteiger partial charge in [-0.1, -0.05) is 17.7 Å². The zero-order chi connectivity index (χ0) is 19.7. The first kappa shape index (κ1) is 18.6. The number of benzene rings is 2. The van der Waals surface area contributed by atoms with Crippen LogP contribution in [0.1, 0.15) is 22.8 Å². The van der Waals surface area contributed by atoms with Gasteiger partial charge in [-0.2, -0.15) is 0 Å². The third-order valence-corrected chi connectivity index (χ3v) is 4.61. The highest BCUT2D eigenvalue weighted by molar-refractivity contribution is 6.31. The van der Waals surface area contributed by atoms with E-state index < -0.39 is 16.3 Å². The minimum atomic E-state index is -0.632. The van der Waals surface area contributed by atoms with Crippen LogP contribution in [0.4, 0.5) is 11.4 Å². The Hall–Kier alpha value is -3.19. The van der Waals surface area contributed by atoms with Crippen LogP contribution in [0.15, 0.2) is 47.4 Å². The Morgan fingerprint density at radius 1 is 1.30 bits per heavy atom. The van der Waals surface area contributed by atoms with Crippen molar-refractivity contribution >= 4 is 39.8 Å². The lowest BCUT2D eigenvalue weighted by Gasteiger charge is -2.13. The van der Waals surface area contributed by atoms with Crippen molar-refractivity contribution in [1.29, 1.82) is 0 Å². The molecular formula is C19H16ClN3O4. The Kier molecular flexibility index (Phi) is 4.96. The molecule has 0 atom stereocenters. The van der Waals surface area contributed by atoms with Crippen molar-refractivity contribution in [3.63, 3.8) is 0 Å². The molecule has 1 heterocycles. The number of nitrogens with zero attached hydrogens (tertiary/aromatic N) is 2. The quantitative estimate of drug-likeness (QED) is 0.539. The molecule has 0 aliphatic rings. The minimum Gasteiger partial charge on any atom is -0.347 e. The van der Waals surface area contributed by atoms with Crippen molar-refractivity contribution in [2.24, 2.45) is 0 Å². The van der Waals surface area contributed by atoms with Crippen LogP contribution in [-0.4, -0.2) is 15.4 Å². The standard InChI is InChI=1S/C19H16ClN3O4/c1-3-22-10-14(18(24)13-9-12(20)7-8-17(13)22)19(25)21-15-5-4-6-16(11(15)2)23(26)27/h4-10H,3H2,1-2H3,(H,21,25). The highest BCUT2D eigenvalue weighted by Crippen LogP contribution is 2.25. The van der Waals surface area contributed by atoms with Crippen molar-refractivity contribution in [2.45, 2.75) is 20.4 Å². The number of hydrogen-bond acceptors (Lipinski definition) is 4. The summed E-state index contributed by atoms with van der Waals surface area (Å²) in [7, 11) is 0. The number of aromatic nitrogens is 1. The molecule has 0 saturated heterocycles. The summed E-state index contributed by atoms with van der Waals surface area (Å²) in [6.45, 7) is 3.98. The fraction of sp³-hybridized carbons (Fsp3) is 0.158. The monoisotopic (exact) mass is 385 g/mol. The highest BCUT2D eigenvalue weighted by atomic mass is 35.5. The van der Waals surface area contributed by atoms with Crippen LogP contribution < -0.4 is 10.7 Å². The molecule has 27 heavy (non-hydrogen) atoms. The molecule has 0 unspecified atom stereocenters. The minimum absolute atomic E-state index is 0.0578. The molecule has 0 saturated carbocycles. The molecule has 3 aromatic rings. The van der Waals surface area contributed by atoms with Crippen LogP contribution in [0, 0.1) is 17.0 Å². The Labute approximate surface area is 159 Å². The van der Waals surface area contributed by atoms with Gasteiger partial charge in [-0.05, 0) is 38.1 Å². The van der Waals surface area contributed by atoms with E-state index in [-0.39, 0.29) is 16.9 Å². The predicted octanol–water partition coefficient (Wildman–Crippen LogP) is 4.14. The second kappa shape index (κ2) is 7.20. The smallest absolute Gasteiger partial charge is 0.274 e. The number of anilines is 1. The number of aryl methyl sites for hydroxylation is 1. The second-order valence-corrected chi connectivity index (χ2v) is 6.42. The van der Waals surface area contributed by atoms with Gasteiger partial charge in [-0.3, -0.25) is 19.7 Å². The second-order valence-electron chi connectivity index (χ2n) is 5.98. The van der Waals surface area contributed by atoms with Crippen LogP contribution in [-0.2, 0) is 6.54 Å². The number of halogens is 1. The normalized spacial score (nSPS) is 10.8. The van der Waals surface area contributed by atoms with E-state index >= 15 is 0 Å². The Morgan fingerprint density at radius 3 is 2.70 bits per heavy atom. The average molecular weight is 386 g/mol. The molecule has 8 heteroatoms. The number of amides is 1. The van der Waals surface area contributed by atoms with Crippen molar-refractivity contribution in [1.82, 2.24) is 4.57 Å². The van der Waals surface area contributed by atoms with Crippen molar-refractivity contribution in [3.8, 4) is 0 Å². The molecule has 1 amide bonds. The fourth-order valence-corrected chi connectivity index (χ4v) is 3.11. The average Bonchev–Trinajstić information content (AvgIpc) is 2.63. The zero-order valence-electron chi connectivity index (χ0n) is 14.7. The molecule has 2 aromatic carbocycles. The van der Waals surface area contributed by atoms with E-state index in [4.69, 9.17) is 11.6 Å². The van der Waals surface area contributed by atoms with Crippen LogP contribution in [0.2, 0.25) is 5.02 Å². The van der Waals surface area contributed by atoms with E-state index in [0.717, 1.165) is 0 Å². The predicted molar refractivity (Wildman–Crippen MR) is 105 cm³/mol. The fourth-order valence-electron chi connectivity index (χ4n) is 2.94.